The first-order chi connectivity index (χ1) is 10.1. The van der Waals surface area contributed by atoms with Gasteiger partial charge in [-0.3, -0.25) is 9.48 Å². The molecule has 1 aromatic rings. The van der Waals surface area contributed by atoms with Crippen molar-refractivity contribution in [3.63, 3.8) is 0 Å². The fourth-order valence-corrected chi connectivity index (χ4v) is 3.15. The summed E-state index contributed by atoms with van der Waals surface area (Å²) in [5.74, 6) is 0.938. The SMILES string of the molecule is Cc1c(N(CCCl)CCCl)c(=O)n(C2C=CC=CC2)n1C. The van der Waals surface area contributed by atoms with Crippen LogP contribution < -0.4 is 10.5 Å². The monoisotopic (exact) mass is 329 g/mol. The van der Waals surface area contributed by atoms with Crippen molar-refractivity contribution in [1.82, 2.24) is 9.36 Å². The van der Waals surface area contributed by atoms with Crippen molar-refractivity contribution in [1.29, 1.82) is 0 Å². The second-order valence-corrected chi connectivity index (χ2v) is 5.84. The first kappa shape index (κ1) is 16.2. The zero-order valence-electron chi connectivity index (χ0n) is 12.4. The number of allylic oxidation sites excluding steroid dienone is 4. The highest BCUT2D eigenvalue weighted by Crippen LogP contribution is 2.22. The molecule has 1 heterocycles. The molecular weight excluding hydrogens is 309 g/mol. The normalized spacial score (nSPS) is 17.4. The molecule has 0 fully saturated rings. The van der Waals surface area contributed by atoms with E-state index in [1.54, 1.807) is 4.68 Å². The van der Waals surface area contributed by atoms with Gasteiger partial charge in [-0.25, -0.2) is 4.68 Å². The van der Waals surface area contributed by atoms with Crippen LogP contribution in [0.15, 0.2) is 29.1 Å². The van der Waals surface area contributed by atoms with Gasteiger partial charge in [0.15, 0.2) is 0 Å². The zero-order valence-corrected chi connectivity index (χ0v) is 13.9. The van der Waals surface area contributed by atoms with Gasteiger partial charge in [-0.2, -0.15) is 0 Å². The van der Waals surface area contributed by atoms with Crippen LogP contribution in [0.1, 0.15) is 18.2 Å². The Kier molecular flexibility index (Phi) is 5.59. The third kappa shape index (κ3) is 3.22. The number of halogens is 2. The third-order valence-corrected chi connectivity index (χ3v) is 4.20. The van der Waals surface area contributed by atoms with Gasteiger partial charge < -0.3 is 4.90 Å². The molecule has 0 saturated carbocycles. The average Bonchev–Trinajstić information content (AvgIpc) is 2.70. The van der Waals surface area contributed by atoms with Crippen LogP contribution in [0.2, 0.25) is 0 Å². The maximum Gasteiger partial charge on any atom is 0.291 e. The quantitative estimate of drug-likeness (QED) is 0.751. The van der Waals surface area contributed by atoms with E-state index in [1.807, 2.05) is 35.7 Å². The van der Waals surface area contributed by atoms with E-state index in [-0.39, 0.29) is 11.6 Å². The topological polar surface area (TPSA) is 30.2 Å². The molecule has 1 atom stereocenters. The van der Waals surface area contributed by atoms with E-state index < -0.39 is 0 Å². The Morgan fingerprint density at radius 1 is 1.29 bits per heavy atom. The van der Waals surface area contributed by atoms with E-state index in [0.717, 1.165) is 12.1 Å². The number of hydrogen-bond donors (Lipinski definition) is 0. The lowest BCUT2D eigenvalue weighted by molar-refractivity contribution is 0.440. The highest BCUT2D eigenvalue weighted by molar-refractivity contribution is 6.18. The minimum absolute atomic E-state index is 0.0233. The van der Waals surface area contributed by atoms with Crippen LogP contribution in [0.25, 0.3) is 0 Å². The molecule has 4 nitrogen and oxygen atoms in total. The maximum atomic E-state index is 12.9. The lowest BCUT2D eigenvalue weighted by Crippen LogP contribution is -2.34. The summed E-state index contributed by atoms with van der Waals surface area (Å²) in [4.78, 5) is 14.8. The Balaban J connectivity index is 2.46. The van der Waals surface area contributed by atoms with Gasteiger partial charge in [0.25, 0.3) is 5.56 Å². The predicted molar refractivity (Wildman–Crippen MR) is 90.0 cm³/mol. The molecule has 1 aromatic heterocycles. The molecule has 0 radical (unpaired) electrons. The number of aromatic nitrogens is 2. The van der Waals surface area contributed by atoms with Crippen LogP contribution in [0, 0.1) is 6.92 Å². The van der Waals surface area contributed by atoms with E-state index >= 15 is 0 Å². The smallest absolute Gasteiger partial charge is 0.291 e. The molecular formula is C15H21Cl2N3O. The molecule has 0 spiro atoms. The highest BCUT2D eigenvalue weighted by atomic mass is 35.5. The molecule has 2 rings (SSSR count). The molecule has 0 amide bonds. The molecule has 0 aliphatic heterocycles. The van der Waals surface area contributed by atoms with Gasteiger partial charge in [-0.05, 0) is 13.3 Å². The molecule has 0 saturated heterocycles. The van der Waals surface area contributed by atoms with Crippen molar-refractivity contribution in [3.8, 4) is 0 Å². The summed E-state index contributed by atoms with van der Waals surface area (Å²) in [7, 11) is 1.92. The fourth-order valence-electron chi connectivity index (χ4n) is 2.74. The standard InChI is InChI=1S/C15H21Cl2N3O/c1-12-14(19(10-8-16)11-9-17)15(21)20(18(12)2)13-6-4-3-5-7-13/h3-6,13H,7-11H2,1-2H3. The van der Waals surface area contributed by atoms with Crippen molar-refractivity contribution in [2.75, 3.05) is 29.7 Å². The van der Waals surface area contributed by atoms with Gasteiger partial charge in [-0.1, -0.05) is 24.3 Å². The fraction of sp³-hybridized carbons (Fsp3) is 0.533. The third-order valence-electron chi connectivity index (χ3n) is 3.86. The van der Waals surface area contributed by atoms with Crippen molar-refractivity contribution >= 4 is 28.9 Å². The molecule has 1 unspecified atom stereocenters. The Morgan fingerprint density at radius 3 is 2.48 bits per heavy atom. The Morgan fingerprint density at radius 2 is 1.95 bits per heavy atom. The van der Waals surface area contributed by atoms with E-state index in [0.29, 0.717) is 30.5 Å². The largest absolute Gasteiger partial charge is 0.363 e. The van der Waals surface area contributed by atoms with Crippen LogP contribution in [0.4, 0.5) is 5.69 Å². The van der Waals surface area contributed by atoms with E-state index in [2.05, 4.69) is 12.2 Å². The predicted octanol–water partition coefficient (Wildman–Crippen LogP) is 2.84. The summed E-state index contributed by atoms with van der Waals surface area (Å²) in [6.07, 6.45) is 8.95. The van der Waals surface area contributed by atoms with Crippen LogP contribution in [-0.2, 0) is 7.05 Å². The lowest BCUT2D eigenvalue weighted by atomic mass is 10.1. The van der Waals surface area contributed by atoms with Gasteiger partial charge in [0, 0.05) is 31.9 Å². The van der Waals surface area contributed by atoms with Crippen molar-refractivity contribution in [3.05, 3.63) is 40.4 Å². The molecule has 1 aliphatic rings. The number of nitrogens with zero attached hydrogens (tertiary/aromatic N) is 3. The van der Waals surface area contributed by atoms with Gasteiger partial charge in [0.1, 0.15) is 5.69 Å². The summed E-state index contributed by atoms with van der Waals surface area (Å²) in [6.45, 7) is 3.20. The number of alkyl halides is 2. The zero-order chi connectivity index (χ0) is 15.4. The Bertz CT molecular complexity index is 595. The Labute approximate surface area is 135 Å². The minimum atomic E-state index is 0.0233. The minimum Gasteiger partial charge on any atom is -0.363 e. The van der Waals surface area contributed by atoms with Crippen molar-refractivity contribution in [2.45, 2.75) is 19.4 Å². The van der Waals surface area contributed by atoms with E-state index in [1.165, 1.54) is 0 Å². The summed E-state index contributed by atoms with van der Waals surface area (Å²) >= 11 is 11.7. The summed E-state index contributed by atoms with van der Waals surface area (Å²) in [6, 6.07) is 0.0637. The summed E-state index contributed by atoms with van der Waals surface area (Å²) in [5, 5.41) is 0. The average molecular weight is 330 g/mol. The van der Waals surface area contributed by atoms with E-state index in [4.69, 9.17) is 23.2 Å². The van der Waals surface area contributed by atoms with Crippen LogP contribution in [-0.4, -0.2) is 34.2 Å². The molecule has 0 aromatic carbocycles. The molecule has 0 bridgehead atoms. The van der Waals surface area contributed by atoms with Crippen LogP contribution in [0.3, 0.4) is 0 Å². The maximum absolute atomic E-state index is 12.9. The molecule has 1 aliphatic carbocycles. The summed E-state index contributed by atoms with van der Waals surface area (Å²) in [5.41, 5.74) is 1.68. The lowest BCUT2D eigenvalue weighted by Gasteiger charge is -2.21. The molecule has 21 heavy (non-hydrogen) atoms. The second-order valence-electron chi connectivity index (χ2n) is 5.09. The first-order valence-corrected chi connectivity index (χ1v) is 8.17. The van der Waals surface area contributed by atoms with Crippen molar-refractivity contribution < 1.29 is 0 Å². The number of hydrogen-bond acceptors (Lipinski definition) is 2. The van der Waals surface area contributed by atoms with Crippen LogP contribution >= 0.6 is 23.2 Å². The molecule has 116 valence electrons. The first-order valence-electron chi connectivity index (χ1n) is 7.10. The van der Waals surface area contributed by atoms with Gasteiger partial charge in [-0.15, -0.1) is 23.2 Å². The summed E-state index contributed by atoms with van der Waals surface area (Å²) < 4.78 is 3.74. The second kappa shape index (κ2) is 7.23. The highest BCUT2D eigenvalue weighted by Gasteiger charge is 2.23. The van der Waals surface area contributed by atoms with Crippen molar-refractivity contribution in [2.24, 2.45) is 7.05 Å². The molecule has 6 heteroatoms. The van der Waals surface area contributed by atoms with Crippen LogP contribution in [0.5, 0.6) is 0 Å². The molecule has 0 N–H and O–H groups in total. The van der Waals surface area contributed by atoms with Gasteiger partial charge >= 0.3 is 0 Å². The number of anilines is 1. The Hall–Kier alpha value is -1.13. The number of rotatable bonds is 6. The van der Waals surface area contributed by atoms with Gasteiger partial charge in [0.2, 0.25) is 0 Å². The van der Waals surface area contributed by atoms with E-state index in [9.17, 15) is 4.79 Å². The van der Waals surface area contributed by atoms with Gasteiger partial charge in [0.05, 0.1) is 11.7 Å².